The molecule has 1 aromatic heterocycles. The van der Waals surface area contributed by atoms with Crippen LogP contribution < -0.4 is 5.73 Å². The van der Waals surface area contributed by atoms with E-state index in [-0.39, 0.29) is 6.04 Å². The Bertz CT molecular complexity index is 480. The molecule has 16 heavy (non-hydrogen) atoms. The summed E-state index contributed by atoms with van der Waals surface area (Å²) in [7, 11) is 0. The van der Waals surface area contributed by atoms with E-state index in [0.29, 0.717) is 5.92 Å². The van der Waals surface area contributed by atoms with Crippen molar-refractivity contribution in [3.63, 3.8) is 0 Å². The van der Waals surface area contributed by atoms with Gasteiger partial charge in [0.2, 0.25) is 0 Å². The fourth-order valence-electron chi connectivity index (χ4n) is 2.86. The third-order valence-corrected chi connectivity index (χ3v) is 3.87. The highest BCUT2D eigenvalue weighted by molar-refractivity contribution is 5.79. The van der Waals surface area contributed by atoms with Gasteiger partial charge in [-0.25, -0.2) is 0 Å². The molecule has 0 amide bonds. The van der Waals surface area contributed by atoms with Gasteiger partial charge in [-0.15, -0.1) is 0 Å². The van der Waals surface area contributed by atoms with Crippen molar-refractivity contribution in [3.05, 3.63) is 36.0 Å². The van der Waals surface area contributed by atoms with Gasteiger partial charge >= 0.3 is 0 Å². The van der Waals surface area contributed by atoms with Crippen molar-refractivity contribution in [2.45, 2.75) is 31.7 Å². The fourth-order valence-corrected chi connectivity index (χ4v) is 2.86. The average molecular weight is 214 g/mol. The van der Waals surface area contributed by atoms with Gasteiger partial charge in [0.15, 0.2) is 0 Å². The van der Waals surface area contributed by atoms with Gasteiger partial charge in [0.1, 0.15) is 0 Å². The predicted molar refractivity (Wildman–Crippen MR) is 67.2 cm³/mol. The van der Waals surface area contributed by atoms with Crippen LogP contribution in [-0.2, 0) is 0 Å². The second-order valence-corrected chi connectivity index (χ2v) is 4.89. The fraction of sp³-hybridized carbons (Fsp3) is 0.429. The van der Waals surface area contributed by atoms with Crippen molar-refractivity contribution in [2.24, 2.45) is 11.7 Å². The van der Waals surface area contributed by atoms with E-state index in [0.717, 1.165) is 0 Å². The second-order valence-electron chi connectivity index (χ2n) is 4.89. The van der Waals surface area contributed by atoms with Crippen molar-refractivity contribution >= 4 is 10.9 Å². The molecule has 0 unspecified atom stereocenters. The van der Waals surface area contributed by atoms with Gasteiger partial charge in [-0.2, -0.15) is 0 Å². The smallest absolute Gasteiger partial charge is 0.0457 e. The lowest BCUT2D eigenvalue weighted by Crippen LogP contribution is -2.18. The molecule has 1 aliphatic carbocycles. The summed E-state index contributed by atoms with van der Waals surface area (Å²) >= 11 is 0. The second kappa shape index (κ2) is 3.95. The summed E-state index contributed by atoms with van der Waals surface area (Å²) in [4.78, 5) is 3.25. The summed E-state index contributed by atoms with van der Waals surface area (Å²) in [6, 6.07) is 8.86. The Morgan fingerprint density at radius 1 is 1.19 bits per heavy atom. The summed E-state index contributed by atoms with van der Waals surface area (Å²) in [6.07, 6.45) is 7.27. The number of hydrogen-bond acceptors (Lipinski definition) is 1. The highest BCUT2D eigenvalue weighted by atomic mass is 14.7. The maximum atomic E-state index is 6.35. The molecule has 0 bridgehead atoms. The topological polar surface area (TPSA) is 41.8 Å². The minimum Gasteiger partial charge on any atom is -0.361 e. The molecule has 0 spiro atoms. The van der Waals surface area contributed by atoms with E-state index < -0.39 is 0 Å². The van der Waals surface area contributed by atoms with Crippen LogP contribution in [0.25, 0.3) is 10.9 Å². The first kappa shape index (κ1) is 9.91. The largest absolute Gasteiger partial charge is 0.361 e. The van der Waals surface area contributed by atoms with Crippen molar-refractivity contribution in [2.75, 3.05) is 0 Å². The monoisotopic (exact) mass is 214 g/mol. The van der Waals surface area contributed by atoms with Crippen LogP contribution in [0.2, 0.25) is 0 Å². The third-order valence-electron chi connectivity index (χ3n) is 3.87. The van der Waals surface area contributed by atoms with Crippen LogP contribution in [0.15, 0.2) is 30.5 Å². The number of aromatic nitrogens is 1. The van der Waals surface area contributed by atoms with E-state index in [1.807, 2.05) is 6.20 Å². The van der Waals surface area contributed by atoms with Crippen molar-refractivity contribution in [1.29, 1.82) is 0 Å². The molecule has 3 rings (SSSR count). The molecule has 0 aliphatic heterocycles. The van der Waals surface area contributed by atoms with Crippen LogP contribution in [0.5, 0.6) is 0 Å². The Morgan fingerprint density at radius 3 is 2.81 bits per heavy atom. The van der Waals surface area contributed by atoms with Gasteiger partial charge in [0, 0.05) is 17.8 Å². The minimum absolute atomic E-state index is 0.218. The predicted octanol–water partition coefficient (Wildman–Crippen LogP) is 3.36. The van der Waals surface area contributed by atoms with Crippen LogP contribution in [0.1, 0.15) is 37.3 Å². The molecular formula is C14H18N2. The van der Waals surface area contributed by atoms with Crippen molar-refractivity contribution in [1.82, 2.24) is 4.98 Å². The summed E-state index contributed by atoms with van der Waals surface area (Å²) in [5, 5.41) is 1.27. The molecule has 0 radical (unpaired) electrons. The first-order chi connectivity index (χ1) is 7.84. The zero-order chi connectivity index (χ0) is 11.0. The van der Waals surface area contributed by atoms with E-state index in [4.69, 9.17) is 5.73 Å². The molecule has 2 heteroatoms. The number of nitrogens with one attached hydrogen (secondary N) is 1. The van der Waals surface area contributed by atoms with Crippen LogP contribution in [0.4, 0.5) is 0 Å². The Kier molecular flexibility index (Phi) is 2.44. The number of aromatic amines is 1. The van der Waals surface area contributed by atoms with Crippen molar-refractivity contribution in [3.8, 4) is 0 Å². The Morgan fingerprint density at radius 2 is 2.00 bits per heavy atom. The Balaban J connectivity index is 1.91. The number of benzene rings is 1. The molecule has 1 heterocycles. The minimum atomic E-state index is 0.218. The van der Waals surface area contributed by atoms with Crippen LogP contribution in [0.3, 0.4) is 0 Å². The van der Waals surface area contributed by atoms with Crippen molar-refractivity contribution < 1.29 is 0 Å². The highest BCUT2D eigenvalue weighted by Crippen LogP contribution is 2.34. The molecule has 2 nitrogen and oxygen atoms in total. The van der Waals surface area contributed by atoms with Crippen LogP contribution in [0, 0.1) is 5.92 Å². The third kappa shape index (κ3) is 1.63. The quantitative estimate of drug-likeness (QED) is 0.790. The van der Waals surface area contributed by atoms with Gasteiger partial charge < -0.3 is 10.7 Å². The summed E-state index contributed by atoms with van der Waals surface area (Å²) in [5.74, 6) is 0.687. The van der Waals surface area contributed by atoms with Gasteiger partial charge in [-0.3, -0.25) is 0 Å². The van der Waals surface area contributed by atoms with Gasteiger partial charge in [-0.1, -0.05) is 25.0 Å². The molecular weight excluding hydrogens is 196 g/mol. The molecule has 84 valence electrons. The maximum Gasteiger partial charge on any atom is 0.0457 e. The zero-order valence-electron chi connectivity index (χ0n) is 9.45. The summed E-state index contributed by atoms with van der Waals surface area (Å²) < 4.78 is 0. The van der Waals surface area contributed by atoms with Gasteiger partial charge in [-0.05, 0) is 41.8 Å². The van der Waals surface area contributed by atoms with Crippen LogP contribution >= 0.6 is 0 Å². The molecule has 2 aromatic rings. The summed E-state index contributed by atoms with van der Waals surface area (Å²) in [5.41, 5.74) is 8.83. The van der Waals surface area contributed by atoms with E-state index in [1.165, 1.54) is 42.1 Å². The summed E-state index contributed by atoms with van der Waals surface area (Å²) in [6.45, 7) is 0. The standard InChI is InChI=1S/C14H18N2/c15-14(11-3-1-2-4-11)12-6-5-10-7-8-16-13(10)9-12/h5-9,11,14,16H,1-4,15H2/t14-/m1/s1. The number of rotatable bonds is 2. The zero-order valence-corrected chi connectivity index (χ0v) is 9.45. The maximum absolute atomic E-state index is 6.35. The SMILES string of the molecule is N[C@@H](c1ccc2cc[nH]c2c1)C1CCCC1. The molecule has 1 saturated carbocycles. The average Bonchev–Trinajstić information content (AvgIpc) is 2.98. The van der Waals surface area contributed by atoms with E-state index >= 15 is 0 Å². The van der Waals surface area contributed by atoms with E-state index in [9.17, 15) is 0 Å². The lowest BCUT2D eigenvalue weighted by atomic mass is 9.92. The normalized spacial score (nSPS) is 19.3. The molecule has 1 aliphatic rings. The molecule has 1 atom stereocenters. The first-order valence-corrected chi connectivity index (χ1v) is 6.17. The Hall–Kier alpha value is -1.28. The number of H-pyrrole nitrogens is 1. The van der Waals surface area contributed by atoms with E-state index in [1.54, 1.807) is 0 Å². The lowest BCUT2D eigenvalue weighted by molar-refractivity contribution is 0.445. The van der Waals surface area contributed by atoms with Gasteiger partial charge in [0.25, 0.3) is 0 Å². The highest BCUT2D eigenvalue weighted by Gasteiger charge is 2.23. The number of fused-ring (bicyclic) bond motifs is 1. The Labute approximate surface area is 95.8 Å². The molecule has 0 saturated heterocycles. The molecule has 1 fully saturated rings. The number of hydrogen-bond donors (Lipinski definition) is 2. The molecule has 3 N–H and O–H groups in total. The lowest BCUT2D eigenvalue weighted by Gasteiger charge is -2.19. The number of nitrogens with two attached hydrogens (primary N) is 1. The first-order valence-electron chi connectivity index (χ1n) is 6.17. The van der Waals surface area contributed by atoms with Crippen LogP contribution in [-0.4, -0.2) is 4.98 Å². The van der Waals surface area contributed by atoms with Gasteiger partial charge in [0.05, 0.1) is 0 Å². The molecule has 1 aromatic carbocycles. The van der Waals surface area contributed by atoms with E-state index in [2.05, 4.69) is 29.2 Å².